The van der Waals surface area contributed by atoms with E-state index < -0.39 is 26.6 Å². The van der Waals surface area contributed by atoms with Gasteiger partial charge in [-0.2, -0.15) is 0 Å². The third-order valence-corrected chi connectivity index (χ3v) is 12.8. The zero-order chi connectivity index (χ0) is 50.8. The second-order valence-electron chi connectivity index (χ2n) is 19.7. The van der Waals surface area contributed by atoms with E-state index in [0.717, 1.165) is 109 Å². The first-order chi connectivity index (χ1) is 33.4. The number of hydrogen-bond donors (Lipinski definition) is 1. The molecule has 0 aromatic heterocycles. The molecule has 0 aliphatic heterocycles. The zero-order valence-corrected chi connectivity index (χ0v) is 46.1. The fourth-order valence-electron chi connectivity index (χ4n) is 7.47. The minimum absolute atomic E-state index is 0.0339. The average molecular weight is 985 g/mol. The van der Waals surface area contributed by atoms with Crippen LogP contribution < -0.4 is 10.2 Å². The summed E-state index contributed by atoms with van der Waals surface area (Å²) in [6, 6.07) is -0.911. The number of allylic oxidation sites excluding steroid dienone is 13. The van der Waals surface area contributed by atoms with Crippen molar-refractivity contribution in [1.82, 2.24) is 5.32 Å². The highest BCUT2D eigenvalue weighted by atomic mass is 31.2. The summed E-state index contributed by atoms with van der Waals surface area (Å²) in [5, 5.41) is 2.99. The van der Waals surface area contributed by atoms with Crippen LogP contribution in [0.4, 0.5) is 0 Å². The van der Waals surface area contributed by atoms with E-state index in [2.05, 4.69) is 99.0 Å². The Morgan fingerprint density at radius 3 is 1.46 bits per heavy atom. The van der Waals surface area contributed by atoms with Crippen LogP contribution in [0.25, 0.3) is 0 Å². The molecule has 0 saturated heterocycles. The van der Waals surface area contributed by atoms with Gasteiger partial charge in [-0.1, -0.05) is 202 Å². The summed E-state index contributed by atoms with van der Waals surface area (Å²) in [6.45, 7) is 6.64. The number of hydrogen-bond acceptors (Lipinski definition) is 7. The van der Waals surface area contributed by atoms with E-state index in [1.807, 2.05) is 33.3 Å². The number of nitrogens with one attached hydrogen (secondary N) is 1. The van der Waals surface area contributed by atoms with Crippen LogP contribution in [-0.4, -0.2) is 69.4 Å². The third-order valence-electron chi connectivity index (χ3n) is 11.8. The van der Waals surface area contributed by atoms with Gasteiger partial charge in [-0.3, -0.25) is 14.2 Å². The van der Waals surface area contributed by atoms with Gasteiger partial charge < -0.3 is 28.5 Å². The van der Waals surface area contributed by atoms with Crippen LogP contribution in [0.2, 0.25) is 0 Å². The predicted octanol–water partition coefficient (Wildman–Crippen LogP) is 16.0. The lowest BCUT2D eigenvalue weighted by molar-refractivity contribution is -0.870. The van der Waals surface area contributed by atoms with Gasteiger partial charge >= 0.3 is 5.97 Å². The Balaban J connectivity index is 5.43. The monoisotopic (exact) mass is 985 g/mol. The van der Waals surface area contributed by atoms with Crippen molar-refractivity contribution in [1.29, 1.82) is 0 Å². The molecule has 1 amide bonds. The van der Waals surface area contributed by atoms with Crippen LogP contribution in [-0.2, 0) is 27.9 Å². The van der Waals surface area contributed by atoms with Gasteiger partial charge in [0, 0.05) is 12.8 Å². The molecule has 69 heavy (non-hydrogen) atoms. The molecule has 0 aromatic rings. The van der Waals surface area contributed by atoms with E-state index in [1.165, 1.54) is 70.6 Å². The minimum Gasteiger partial charge on any atom is -0.756 e. The summed E-state index contributed by atoms with van der Waals surface area (Å²) < 4.78 is 30.2. The van der Waals surface area contributed by atoms with Crippen LogP contribution in [0.15, 0.2) is 85.1 Å². The number of esters is 1. The van der Waals surface area contributed by atoms with E-state index >= 15 is 0 Å². The van der Waals surface area contributed by atoms with E-state index in [0.29, 0.717) is 23.9 Å². The summed E-state index contributed by atoms with van der Waals surface area (Å²) >= 11 is 0. The van der Waals surface area contributed by atoms with Crippen molar-refractivity contribution in [3.05, 3.63) is 85.1 Å². The molecule has 0 radical (unpaired) electrons. The molecular weight excluding hydrogens is 880 g/mol. The molecule has 10 heteroatoms. The maximum Gasteiger partial charge on any atom is 0.306 e. The third kappa shape index (κ3) is 49.9. The Hall–Kier alpha value is -2.81. The van der Waals surface area contributed by atoms with Gasteiger partial charge in [0.15, 0.2) is 0 Å². The van der Waals surface area contributed by atoms with E-state index in [1.54, 1.807) is 0 Å². The zero-order valence-electron chi connectivity index (χ0n) is 45.2. The number of likely N-dealkylation sites (N-methyl/N-ethyl adjacent to an activating group) is 1. The maximum atomic E-state index is 13.5. The van der Waals surface area contributed by atoms with Crippen LogP contribution in [0.1, 0.15) is 226 Å². The van der Waals surface area contributed by atoms with E-state index in [-0.39, 0.29) is 31.3 Å². The summed E-state index contributed by atoms with van der Waals surface area (Å²) in [5.41, 5.74) is 0. The number of carbonyl (C=O) groups is 2. The van der Waals surface area contributed by atoms with Crippen molar-refractivity contribution in [2.75, 3.05) is 40.9 Å². The van der Waals surface area contributed by atoms with E-state index in [9.17, 15) is 19.0 Å². The molecule has 0 saturated carbocycles. The van der Waals surface area contributed by atoms with Gasteiger partial charge in [-0.15, -0.1) is 0 Å². The number of rotatable bonds is 49. The quantitative estimate of drug-likeness (QED) is 0.0212. The second-order valence-corrected chi connectivity index (χ2v) is 21.1. The highest BCUT2D eigenvalue weighted by Gasteiger charge is 2.27. The first-order valence-corrected chi connectivity index (χ1v) is 29.4. The number of quaternary nitrogens is 1. The number of unbranched alkanes of at least 4 members (excludes halogenated alkanes) is 21. The van der Waals surface area contributed by atoms with Crippen LogP contribution >= 0.6 is 7.82 Å². The summed E-state index contributed by atoms with van der Waals surface area (Å²) in [7, 11) is 1.15. The Kier molecular flexibility index (Phi) is 46.8. The molecule has 0 aromatic carbocycles. The number of carbonyl (C=O) groups excluding carboxylic acids is 2. The first-order valence-electron chi connectivity index (χ1n) is 27.9. The molecule has 0 heterocycles. The predicted molar refractivity (Wildman–Crippen MR) is 293 cm³/mol. The van der Waals surface area contributed by atoms with Gasteiger partial charge in [0.2, 0.25) is 5.91 Å². The molecule has 3 atom stereocenters. The standard InChI is InChI=1S/C59H105N2O7P/c1-7-10-13-16-19-22-25-27-28-29-30-31-32-34-37-39-42-45-48-51-58(62)60-56(55-67-69(64,65)66-54-53-61(4,5)6)57(50-47-44-41-38-36-33-26-23-20-17-14-11-8-2)68-59(63)52-49-46-43-40-35-24-21-18-15-12-9-3/h10,13,18-19,21-22,27-28,30-31,34,37,47,50,56-57H,7-9,11-12,14-17,20,23-26,29,32-33,35-36,38-46,48-49,51-55H2,1-6H3,(H-,60,62,64,65)/b13-10-,21-18-,22-19-,28-27-,31-30-,37-34-,50-47+. The largest absolute Gasteiger partial charge is 0.756 e. The number of ether oxygens (including phenoxy) is 1. The SMILES string of the molecule is CC/C=C\C/C=C\C/C=C\C/C=C\C/C=C\CCCCCC(=O)NC(COP(=O)([O-])OCC[N+](C)(C)C)C(/C=C/CCCCCCCCCCCCC)OC(=O)CCCCCCC/C=C\CCCC. The van der Waals surface area contributed by atoms with Crippen molar-refractivity contribution >= 4 is 19.7 Å². The molecule has 1 N–H and O–H groups in total. The molecule has 398 valence electrons. The number of nitrogens with zero attached hydrogens (tertiary/aromatic N) is 1. The van der Waals surface area contributed by atoms with Gasteiger partial charge in [-0.25, -0.2) is 0 Å². The van der Waals surface area contributed by atoms with Crippen LogP contribution in [0.3, 0.4) is 0 Å². The lowest BCUT2D eigenvalue weighted by Crippen LogP contribution is -2.47. The Morgan fingerprint density at radius 2 is 0.942 bits per heavy atom. The maximum absolute atomic E-state index is 13.5. The fourth-order valence-corrected chi connectivity index (χ4v) is 8.19. The second kappa shape index (κ2) is 48.8. The number of phosphoric ester groups is 1. The Bertz CT molecular complexity index is 1460. The molecule has 0 bridgehead atoms. The van der Waals surface area contributed by atoms with Crippen LogP contribution in [0.5, 0.6) is 0 Å². The highest BCUT2D eigenvalue weighted by molar-refractivity contribution is 7.45. The lowest BCUT2D eigenvalue weighted by atomic mass is 10.0. The van der Waals surface area contributed by atoms with Crippen molar-refractivity contribution < 1.29 is 37.3 Å². The Morgan fingerprint density at radius 1 is 0.522 bits per heavy atom. The van der Waals surface area contributed by atoms with Crippen molar-refractivity contribution in [3.8, 4) is 0 Å². The summed E-state index contributed by atoms with van der Waals surface area (Å²) in [6.07, 6.45) is 62.6. The summed E-state index contributed by atoms with van der Waals surface area (Å²) in [5.74, 6) is -0.595. The molecule has 3 unspecified atom stereocenters. The lowest BCUT2D eigenvalue weighted by Gasteiger charge is -2.30. The normalized spacial score (nSPS) is 14.5. The molecule has 0 spiro atoms. The molecule has 0 fully saturated rings. The minimum atomic E-state index is -4.71. The number of phosphoric acid groups is 1. The Labute approximate surface area is 425 Å². The van der Waals surface area contributed by atoms with Gasteiger partial charge in [-0.05, 0) is 96.0 Å². The van der Waals surface area contributed by atoms with Crippen molar-refractivity contribution in [3.63, 3.8) is 0 Å². The fraction of sp³-hybridized carbons (Fsp3) is 0.729. The smallest absolute Gasteiger partial charge is 0.306 e. The summed E-state index contributed by atoms with van der Waals surface area (Å²) in [4.78, 5) is 39.8. The molecule has 0 aliphatic carbocycles. The first kappa shape index (κ1) is 66.2. The van der Waals surface area contributed by atoms with Crippen molar-refractivity contribution in [2.45, 2.75) is 238 Å². The molecule has 0 rings (SSSR count). The molecular formula is C59H105N2O7P. The molecule has 0 aliphatic rings. The molecule has 9 nitrogen and oxygen atoms in total. The van der Waals surface area contributed by atoms with Gasteiger partial charge in [0.25, 0.3) is 7.82 Å². The van der Waals surface area contributed by atoms with Gasteiger partial charge in [0.1, 0.15) is 19.3 Å². The van der Waals surface area contributed by atoms with Crippen LogP contribution in [0, 0.1) is 0 Å². The topological polar surface area (TPSA) is 114 Å². The van der Waals surface area contributed by atoms with E-state index in [4.69, 9.17) is 13.8 Å². The average Bonchev–Trinajstić information content (AvgIpc) is 3.31. The highest BCUT2D eigenvalue weighted by Crippen LogP contribution is 2.38. The number of amides is 1. The van der Waals surface area contributed by atoms with Crippen molar-refractivity contribution in [2.24, 2.45) is 0 Å². The van der Waals surface area contributed by atoms with Gasteiger partial charge in [0.05, 0.1) is 33.8 Å².